The summed E-state index contributed by atoms with van der Waals surface area (Å²) in [4.78, 5) is 12.8. The molecule has 0 saturated heterocycles. The number of allylic oxidation sites excluding steroid dienone is 2. The highest BCUT2D eigenvalue weighted by molar-refractivity contribution is 7.93. The first-order valence-corrected chi connectivity index (χ1v) is 9.57. The van der Waals surface area contributed by atoms with Gasteiger partial charge in [0.2, 0.25) is 15.9 Å². The van der Waals surface area contributed by atoms with Crippen molar-refractivity contribution in [3.8, 4) is 5.75 Å². The van der Waals surface area contributed by atoms with E-state index in [0.717, 1.165) is 16.8 Å². The van der Waals surface area contributed by atoms with Crippen LogP contribution >= 0.6 is 0 Å². The molecule has 0 fully saturated rings. The molecule has 24 heavy (non-hydrogen) atoms. The van der Waals surface area contributed by atoms with E-state index in [9.17, 15) is 17.6 Å². The molecule has 1 atom stereocenters. The highest BCUT2D eigenvalue weighted by atomic mass is 32.2. The Morgan fingerprint density at radius 1 is 1.38 bits per heavy atom. The van der Waals surface area contributed by atoms with E-state index in [2.05, 4.69) is 0 Å². The second-order valence-electron chi connectivity index (χ2n) is 5.72. The Hall–Kier alpha value is -1.89. The first-order chi connectivity index (χ1) is 11.4. The van der Waals surface area contributed by atoms with Crippen LogP contribution in [0.5, 0.6) is 5.75 Å². The Kier molecular flexibility index (Phi) is 5.99. The monoisotopic (exact) mass is 355 g/mol. The lowest BCUT2D eigenvalue weighted by atomic mass is 9.93. The van der Waals surface area contributed by atoms with Crippen molar-refractivity contribution in [2.75, 3.05) is 17.2 Å². The molecule has 1 aromatic carbocycles. The van der Waals surface area contributed by atoms with Crippen molar-refractivity contribution in [3.05, 3.63) is 36.2 Å². The van der Waals surface area contributed by atoms with E-state index in [1.165, 1.54) is 19.2 Å². The molecule has 0 heterocycles. The predicted octanol–water partition coefficient (Wildman–Crippen LogP) is 3.26. The Labute approximate surface area is 142 Å². The summed E-state index contributed by atoms with van der Waals surface area (Å²) in [6.07, 6.45) is 6.04. The van der Waals surface area contributed by atoms with E-state index in [1.54, 1.807) is 6.92 Å². The number of hydrogen-bond donors (Lipinski definition) is 0. The van der Waals surface area contributed by atoms with Gasteiger partial charge in [-0.05, 0) is 37.8 Å². The Morgan fingerprint density at radius 3 is 2.67 bits per heavy atom. The van der Waals surface area contributed by atoms with Crippen LogP contribution < -0.4 is 9.04 Å². The van der Waals surface area contributed by atoms with Gasteiger partial charge in [-0.2, -0.15) is 0 Å². The number of rotatable bonds is 6. The first kappa shape index (κ1) is 18.4. The number of sulfonamides is 1. The number of carbonyl (C=O) groups excluding carboxylic acids is 1. The van der Waals surface area contributed by atoms with E-state index >= 15 is 0 Å². The minimum Gasteiger partial charge on any atom is -0.494 e. The number of methoxy groups -OCH3 is 1. The molecule has 1 aromatic rings. The number of amides is 1. The van der Waals surface area contributed by atoms with Gasteiger partial charge in [0.1, 0.15) is 0 Å². The molecule has 1 aliphatic carbocycles. The van der Waals surface area contributed by atoms with Crippen molar-refractivity contribution in [2.24, 2.45) is 5.92 Å². The van der Waals surface area contributed by atoms with E-state index < -0.39 is 27.7 Å². The van der Waals surface area contributed by atoms with Gasteiger partial charge in [-0.1, -0.05) is 19.1 Å². The fourth-order valence-electron chi connectivity index (χ4n) is 2.74. The topological polar surface area (TPSA) is 63.7 Å². The van der Waals surface area contributed by atoms with Crippen molar-refractivity contribution in [3.63, 3.8) is 0 Å². The number of hydrogen-bond acceptors (Lipinski definition) is 4. The van der Waals surface area contributed by atoms with Gasteiger partial charge in [0.05, 0.1) is 18.6 Å². The molecule has 0 spiro atoms. The summed E-state index contributed by atoms with van der Waals surface area (Å²) in [6, 6.07) is 3.75. The highest BCUT2D eigenvalue weighted by Gasteiger charge is 2.34. The molecule has 7 heteroatoms. The summed E-state index contributed by atoms with van der Waals surface area (Å²) in [5.74, 6) is -1.79. The van der Waals surface area contributed by atoms with Gasteiger partial charge < -0.3 is 4.74 Å². The van der Waals surface area contributed by atoms with Crippen LogP contribution in [0.4, 0.5) is 10.1 Å². The molecule has 0 aliphatic heterocycles. The lowest BCUT2D eigenvalue weighted by Crippen LogP contribution is -2.42. The molecule has 1 amide bonds. The minimum absolute atomic E-state index is 0.000335. The summed E-state index contributed by atoms with van der Waals surface area (Å²) in [6.45, 7) is 1.72. The molecular formula is C17H22FNO4S. The van der Waals surface area contributed by atoms with Crippen molar-refractivity contribution < 1.29 is 22.3 Å². The molecule has 0 radical (unpaired) electrons. The average Bonchev–Trinajstić information content (AvgIpc) is 2.55. The van der Waals surface area contributed by atoms with Crippen LogP contribution in [-0.4, -0.2) is 27.2 Å². The van der Waals surface area contributed by atoms with Crippen LogP contribution in [0.15, 0.2) is 30.4 Å². The SMILES string of the molecule is CCCS(=O)(=O)N(C(=O)C1CC=CCC1)c1ccc(OC)c(F)c1. The van der Waals surface area contributed by atoms with Gasteiger partial charge in [-0.15, -0.1) is 0 Å². The number of ether oxygens (including phenoxy) is 1. The van der Waals surface area contributed by atoms with Crippen LogP contribution in [0.2, 0.25) is 0 Å². The minimum atomic E-state index is -3.86. The standard InChI is InChI=1S/C17H22FNO4S/c1-3-11-24(21,22)19(17(20)13-7-5-4-6-8-13)14-9-10-16(23-2)15(18)12-14/h4-5,9-10,12-13H,3,6-8,11H2,1-2H3. The molecule has 0 aromatic heterocycles. The van der Waals surface area contributed by atoms with Crippen LogP contribution in [0.1, 0.15) is 32.6 Å². The van der Waals surface area contributed by atoms with E-state index in [4.69, 9.17) is 4.74 Å². The summed E-state index contributed by atoms with van der Waals surface area (Å²) in [7, 11) is -2.54. The van der Waals surface area contributed by atoms with Crippen LogP contribution in [0.3, 0.4) is 0 Å². The van der Waals surface area contributed by atoms with Gasteiger partial charge in [-0.25, -0.2) is 17.1 Å². The molecule has 132 valence electrons. The van der Waals surface area contributed by atoms with Crippen LogP contribution in [-0.2, 0) is 14.8 Å². The number of anilines is 1. The largest absolute Gasteiger partial charge is 0.494 e. The molecule has 0 saturated carbocycles. The van der Waals surface area contributed by atoms with Crippen molar-refractivity contribution in [1.29, 1.82) is 0 Å². The smallest absolute Gasteiger partial charge is 0.244 e. The van der Waals surface area contributed by atoms with E-state index in [0.29, 0.717) is 19.3 Å². The Morgan fingerprint density at radius 2 is 2.12 bits per heavy atom. The normalized spacial score (nSPS) is 17.5. The summed E-state index contributed by atoms with van der Waals surface area (Å²) < 4.78 is 44.9. The fraction of sp³-hybridized carbons (Fsp3) is 0.471. The zero-order valence-corrected chi connectivity index (χ0v) is 14.7. The lowest BCUT2D eigenvalue weighted by molar-refractivity contribution is -0.121. The zero-order valence-electron chi connectivity index (χ0n) is 13.9. The zero-order chi connectivity index (χ0) is 17.7. The number of benzene rings is 1. The average molecular weight is 355 g/mol. The van der Waals surface area contributed by atoms with Crippen molar-refractivity contribution in [1.82, 2.24) is 0 Å². The van der Waals surface area contributed by atoms with Gasteiger partial charge in [-0.3, -0.25) is 4.79 Å². The number of nitrogens with zero attached hydrogens (tertiary/aromatic N) is 1. The van der Waals surface area contributed by atoms with Crippen LogP contribution in [0, 0.1) is 11.7 Å². The highest BCUT2D eigenvalue weighted by Crippen LogP contribution is 2.30. The van der Waals surface area contributed by atoms with E-state index in [-0.39, 0.29) is 17.2 Å². The van der Waals surface area contributed by atoms with Gasteiger partial charge in [0.25, 0.3) is 0 Å². The summed E-state index contributed by atoms with van der Waals surface area (Å²) in [5.41, 5.74) is 0.0151. The quantitative estimate of drug-likeness (QED) is 0.735. The molecule has 0 bridgehead atoms. The lowest BCUT2D eigenvalue weighted by Gasteiger charge is -2.27. The maximum absolute atomic E-state index is 14.0. The molecule has 1 aliphatic rings. The summed E-state index contributed by atoms with van der Waals surface area (Å²) in [5, 5.41) is 0. The summed E-state index contributed by atoms with van der Waals surface area (Å²) >= 11 is 0. The van der Waals surface area contributed by atoms with Crippen molar-refractivity contribution >= 4 is 21.6 Å². The number of halogens is 1. The fourth-order valence-corrected chi connectivity index (χ4v) is 4.30. The molecule has 0 N–H and O–H groups in total. The Balaban J connectivity index is 2.45. The number of carbonyl (C=O) groups is 1. The first-order valence-electron chi connectivity index (χ1n) is 7.96. The maximum Gasteiger partial charge on any atom is 0.244 e. The van der Waals surface area contributed by atoms with Gasteiger partial charge in [0, 0.05) is 12.0 Å². The predicted molar refractivity (Wildman–Crippen MR) is 91.0 cm³/mol. The second kappa shape index (κ2) is 7.79. The third-order valence-electron chi connectivity index (χ3n) is 3.93. The second-order valence-corrected chi connectivity index (χ2v) is 7.66. The van der Waals surface area contributed by atoms with Crippen molar-refractivity contribution in [2.45, 2.75) is 32.6 Å². The Bertz CT molecular complexity index is 730. The van der Waals surface area contributed by atoms with E-state index in [1.807, 2.05) is 12.2 Å². The molecule has 5 nitrogen and oxygen atoms in total. The molecule has 1 unspecified atom stereocenters. The molecule has 2 rings (SSSR count). The van der Waals surface area contributed by atoms with Crippen LogP contribution in [0.25, 0.3) is 0 Å². The third-order valence-corrected chi connectivity index (χ3v) is 5.80. The molecular weight excluding hydrogens is 333 g/mol. The van der Waals surface area contributed by atoms with Gasteiger partial charge >= 0.3 is 0 Å². The third kappa shape index (κ3) is 3.95. The van der Waals surface area contributed by atoms with Gasteiger partial charge in [0.15, 0.2) is 11.6 Å². The maximum atomic E-state index is 14.0.